The van der Waals surface area contributed by atoms with Crippen LogP contribution >= 0.6 is 0 Å². The van der Waals surface area contributed by atoms with Gasteiger partial charge in [-0.15, -0.1) is 0 Å². The molecule has 0 saturated heterocycles. The minimum Gasteiger partial charge on any atom is -0.546 e. The number of benzene rings is 1. The van der Waals surface area contributed by atoms with E-state index in [1.807, 2.05) is 14.1 Å². The van der Waals surface area contributed by atoms with Crippen LogP contribution in [0.5, 0.6) is 5.75 Å². The summed E-state index contributed by atoms with van der Waals surface area (Å²) >= 11 is 0. The number of likely N-dealkylation sites (N-methyl/N-ethyl adjacent to an activating group) is 1. The summed E-state index contributed by atoms with van der Waals surface area (Å²) in [6, 6.07) is 6.37. The molecular formula is C13H18N2O4. The largest absolute Gasteiger partial charge is 0.546 e. The fourth-order valence-electron chi connectivity index (χ4n) is 1.40. The normalized spacial score (nSPS) is 10.3. The molecule has 0 saturated carbocycles. The quantitative estimate of drug-likeness (QED) is 0.581. The van der Waals surface area contributed by atoms with Gasteiger partial charge >= 0.3 is 0 Å². The van der Waals surface area contributed by atoms with Gasteiger partial charge < -0.3 is 24.9 Å². The Morgan fingerprint density at radius 1 is 1.37 bits per heavy atom. The van der Waals surface area contributed by atoms with Crippen molar-refractivity contribution in [3.63, 3.8) is 0 Å². The van der Waals surface area contributed by atoms with Crippen LogP contribution in [0.25, 0.3) is 0 Å². The zero-order valence-corrected chi connectivity index (χ0v) is 11.1. The molecule has 0 aromatic heterocycles. The van der Waals surface area contributed by atoms with Crippen LogP contribution < -0.4 is 20.1 Å². The number of carboxylic acid groups (broad SMARTS) is 1. The maximum absolute atomic E-state index is 11.8. The minimum absolute atomic E-state index is 0.208. The summed E-state index contributed by atoms with van der Waals surface area (Å²) in [5.41, 5.74) is 0.435. The molecule has 0 fully saturated rings. The average molecular weight is 266 g/mol. The second-order valence-electron chi connectivity index (χ2n) is 4.40. The summed E-state index contributed by atoms with van der Waals surface area (Å²) in [6.45, 7) is 0.868. The van der Waals surface area contributed by atoms with Gasteiger partial charge in [0.2, 0.25) is 0 Å². The molecule has 0 radical (unpaired) electrons. The lowest BCUT2D eigenvalue weighted by molar-refractivity contribution is -0.856. The van der Waals surface area contributed by atoms with Gasteiger partial charge in [0, 0.05) is 5.56 Å². The van der Waals surface area contributed by atoms with Crippen LogP contribution in [-0.2, 0) is 4.79 Å². The number of carbonyl (C=O) groups is 2. The van der Waals surface area contributed by atoms with Crippen molar-refractivity contribution in [1.29, 1.82) is 0 Å². The van der Waals surface area contributed by atoms with Gasteiger partial charge in [-0.3, -0.25) is 4.79 Å². The number of rotatable bonds is 7. The third kappa shape index (κ3) is 5.87. The van der Waals surface area contributed by atoms with Crippen LogP contribution in [0.15, 0.2) is 24.3 Å². The summed E-state index contributed by atoms with van der Waals surface area (Å²) in [4.78, 5) is 23.3. The van der Waals surface area contributed by atoms with Crippen LogP contribution in [0.3, 0.4) is 0 Å². The number of carboxylic acids is 1. The number of hydrogen-bond acceptors (Lipinski definition) is 4. The maximum atomic E-state index is 11.8. The van der Waals surface area contributed by atoms with Gasteiger partial charge in [-0.2, -0.15) is 0 Å². The van der Waals surface area contributed by atoms with E-state index in [2.05, 4.69) is 5.32 Å². The summed E-state index contributed by atoms with van der Waals surface area (Å²) in [5, 5.41) is 13.1. The standard InChI is InChI=1S/C13H18N2O4/c1-15(2)7-6-14-13(18)10-4-3-5-11(8-10)19-9-12(16)17/h3-5,8H,6-7,9H2,1-2H3,(H,14,18)(H,16,17). The van der Waals surface area contributed by atoms with Crippen molar-refractivity contribution in [2.24, 2.45) is 0 Å². The number of ether oxygens (including phenoxy) is 1. The molecule has 0 aliphatic carbocycles. The summed E-state index contributed by atoms with van der Waals surface area (Å²) < 4.78 is 4.95. The van der Waals surface area contributed by atoms with Gasteiger partial charge in [-0.1, -0.05) is 6.07 Å². The van der Waals surface area contributed by atoms with Gasteiger partial charge in [-0.05, 0) is 18.2 Å². The highest BCUT2D eigenvalue weighted by Gasteiger charge is 2.06. The molecular weight excluding hydrogens is 248 g/mol. The maximum Gasteiger partial charge on any atom is 0.251 e. The third-order valence-corrected chi connectivity index (χ3v) is 2.36. The van der Waals surface area contributed by atoms with E-state index in [4.69, 9.17) is 4.74 Å². The molecule has 0 aliphatic rings. The molecule has 0 unspecified atom stereocenters. The molecule has 6 heteroatoms. The van der Waals surface area contributed by atoms with Crippen LogP contribution in [0.2, 0.25) is 0 Å². The van der Waals surface area contributed by atoms with E-state index in [-0.39, 0.29) is 5.91 Å². The SMILES string of the molecule is C[NH+](C)CCNC(=O)c1cccc(OCC(=O)[O-])c1. The van der Waals surface area contributed by atoms with Crippen molar-refractivity contribution in [3.8, 4) is 5.75 Å². The monoisotopic (exact) mass is 266 g/mol. The number of carbonyl (C=O) groups excluding carboxylic acids is 2. The topological polar surface area (TPSA) is 82.9 Å². The molecule has 1 aromatic carbocycles. The second kappa shape index (κ2) is 7.38. The third-order valence-electron chi connectivity index (χ3n) is 2.36. The number of quaternary nitrogens is 1. The first-order valence-electron chi connectivity index (χ1n) is 5.99. The lowest BCUT2D eigenvalue weighted by Crippen LogP contribution is -3.06. The van der Waals surface area contributed by atoms with Gasteiger partial charge in [0.15, 0.2) is 0 Å². The Kier molecular flexibility index (Phi) is 5.81. The Hall–Kier alpha value is -2.08. The highest BCUT2D eigenvalue weighted by atomic mass is 16.5. The fraction of sp³-hybridized carbons (Fsp3) is 0.385. The van der Waals surface area contributed by atoms with Gasteiger partial charge in [-0.25, -0.2) is 0 Å². The van der Waals surface area contributed by atoms with Gasteiger partial charge in [0.05, 0.1) is 33.2 Å². The van der Waals surface area contributed by atoms with Crippen LogP contribution in [0.4, 0.5) is 0 Å². The molecule has 0 spiro atoms. The van der Waals surface area contributed by atoms with E-state index >= 15 is 0 Å². The number of amides is 1. The molecule has 6 nitrogen and oxygen atoms in total. The molecule has 104 valence electrons. The van der Waals surface area contributed by atoms with Crippen LogP contribution in [0.1, 0.15) is 10.4 Å². The Morgan fingerprint density at radius 3 is 2.74 bits per heavy atom. The predicted molar refractivity (Wildman–Crippen MR) is 67.0 cm³/mol. The Balaban J connectivity index is 2.55. The smallest absolute Gasteiger partial charge is 0.251 e. The van der Waals surface area contributed by atoms with E-state index in [0.29, 0.717) is 17.9 Å². The molecule has 19 heavy (non-hydrogen) atoms. The van der Waals surface area contributed by atoms with Crippen LogP contribution in [0, 0.1) is 0 Å². The molecule has 1 rings (SSSR count). The molecule has 1 aromatic rings. The fourth-order valence-corrected chi connectivity index (χ4v) is 1.40. The molecule has 0 bridgehead atoms. The summed E-state index contributed by atoms with van der Waals surface area (Å²) in [6.07, 6.45) is 0. The Labute approximate surface area is 112 Å². The lowest BCUT2D eigenvalue weighted by atomic mass is 10.2. The van der Waals surface area contributed by atoms with E-state index in [1.165, 1.54) is 11.0 Å². The van der Waals surface area contributed by atoms with Gasteiger partial charge in [0.25, 0.3) is 5.91 Å². The summed E-state index contributed by atoms with van der Waals surface area (Å²) in [7, 11) is 4.00. The number of aliphatic carboxylic acids is 1. The minimum atomic E-state index is -1.30. The van der Waals surface area contributed by atoms with Crippen molar-refractivity contribution in [1.82, 2.24) is 5.32 Å². The van der Waals surface area contributed by atoms with Crippen LogP contribution in [-0.4, -0.2) is 45.7 Å². The summed E-state index contributed by atoms with van der Waals surface area (Å²) in [5.74, 6) is -1.18. The van der Waals surface area contributed by atoms with E-state index < -0.39 is 12.6 Å². The average Bonchev–Trinajstić information content (AvgIpc) is 2.36. The van der Waals surface area contributed by atoms with Crippen molar-refractivity contribution in [3.05, 3.63) is 29.8 Å². The zero-order chi connectivity index (χ0) is 14.3. The van der Waals surface area contributed by atoms with E-state index in [9.17, 15) is 14.7 Å². The number of hydrogen-bond donors (Lipinski definition) is 2. The van der Waals surface area contributed by atoms with Gasteiger partial charge in [0.1, 0.15) is 12.4 Å². The second-order valence-corrected chi connectivity index (χ2v) is 4.40. The highest BCUT2D eigenvalue weighted by molar-refractivity contribution is 5.94. The van der Waals surface area contributed by atoms with E-state index in [0.717, 1.165) is 6.54 Å². The molecule has 1 amide bonds. The molecule has 0 aliphatic heterocycles. The lowest BCUT2D eigenvalue weighted by Gasteiger charge is -2.10. The Bertz CT molecular complexity index is 446. The zero-order valence-electron chi connectivity index (χ0n) is 11.1. The number of nitrogens with one attached hydrogen (secondary N) is 2. The van der Waals surface area contributed by atoms with Crippen molar-refractivity contribution >= 4 is 11.9 Å². The molecule has 0 atom stereocenters. The van der Waals surface area contributed by atoms with Crippen molar-refractivity contribution < 1.29 is 24.3 Å². The first-order valence-corrected chi connectivity index (χ1v) is 5.99. The predicted octanol–water partition coefficient (Wildman–Crippen LogP) is -2.31. The Morgan fingerprint density at radius 2 is 2.11 bits per heavy atom. The highest BCUT2D eigenvalue weighted by Crippen LogP contribution is 2.12. The first-order chi connectivity index (χ1) is 8.99. The van der Waals surface area contributed by atoms with Crippen molar-refractivity contribution in [2.75, 3.05) is 33.8 Å². The first kappa shape index (κ1) is 15.0. The van der Waals surface area contributed by atoms with Crippen molar-refractivity contribution in [2.45, 2.75) is 0 Å². The molecule has 0 heterocycles. The van der Waals surface area contributed by atoms with E-state index in [1.54, 1.807) is 18.2 Å². The molecule has 2 N–H and O–H groups in total.